The number of nitrogens with zero attached hydrogens (tertiary/aromatic N) is 1. The van der Waals surface area contributed by atoms with Crippen LogP contribution in [0, 0.1) is 0 Å². The summed E-state index contributed by atoms with van der Waals surface area (Å²) in [6, 6.07) is 26.8. The number of benzene rings is 2. The topological polar surface area (TPSA) is 12.9 Å². The summed E-state index contributed by atoms with van der Waals surface area (Å²) in [6.07, 6.45) is 3.95. The molecule has 0 radical (unpaired) electrons. The zero-order valence-electron chi connectivity index (χ0n) is 11.5. The van der Waals surface area contributed by atoms with Gasteiger partial charge >= 0.3 is 0 Å². The molecule has 0 aliphatic carbocycles. The molecule has 21 heavy (non-hydrogen) atoms. The Hall–Kier alpha value is -2.38. The van der Waals surface area contributed by atoms with Crippen molar-refractivity contribution in [3.8, 4) is 0 Å². The van der Waals surface area contributed by atoms with Crippen molar-refractivity contribution in [1.29, 1.82) is 0 Å². The molecule has 3 aromatic rings. The molecule has 0 saturated carbocycles. The van der Waals surface area contributed by atoms with Crippen molar-refractivity contribution in [1.82, 2.24) is 4.98 Å². The largest absolute Gasteiger partial charge is 0.257 e. The van der Waals surface area contributed by atoms with Crippen LogP contribution >= 0.6 is 12.4 Å². The zero-order valence-corrected chi connectivity index (χ0v) is 12.3. The molecule has 0 amide bonds. The van der Waals surface area contributed by atoms with Gasteiger partial charge in [0.2, 0.25) is 0 Å². The first-order valence-electron chi connectivity index (χ1n) is 6.67. The molecule has 2 heteroatoms. The maximum atomic E-state index is 4.39. The minimum Gasteiger partial charge on any atom is -0.257 e. The molecule has 2 aromatic carbocycles. The maximum absolute atomic E-state index is 4.39. The fraction of sp³-hybridized carbons (Fsp3) is 0. The van der Waals surface area contributed by atoms with Gasteiger partial charge in [0.15, 0.2) is 0 Å². The SMILES string of the molecule is C(=C(c1ccccc1)c1ccccc1)c1ccccn1.Cl. The van der Waals surface area contributed by atoms with Crippen molar-refractivity contribution in [2.24, 2.45) is 0 Å². The number of aromatic nitrogens is 1. The van der Waals surface area contributed by atoms with Gasteiger partial charge in [0.25, 0.3) is 0 Å². The van der Waals surface area contributed by atoms with Gasteiger partial charge in [0.05, 0.1) is 5.69 Å². The van der Waals surface area contributed by atoms with E-state index < -0.39 is 0 Å². The molecule has 1 aromatic heterocycles. The molecule has 3 rings (SSSR count). The van der Waals surface area contributed by atoms with Crippen molar-refractivity contribution < 1.29 is 0 Å². The summed E-state index contributed by atoms with van der Waals surface area (Å²) in [7, 11) is 0. The minimum atomic E-state index is 0. The second-order valence-electron chi connectivity index (χ2n) is 4.54. The highest BCUT2D eigenvalue weighted by Crippen LogP contribution is 2.25. The summed E-state index contributed by atoms with van der Waals surface area (Å²) in [5.74, 6) is 0. The third-order valence-electron chi connectivity index (χ3n) is 3.15. The van der Waals surface area contributed by atoms with Gasteiger partial charge in [0, 0.05) is 6.20 Å². The van der Waals surface area contributed by atoms with E-state index in [-0.39, 0.29) is 12.4 Å². The smallest absolute Gasteiger partial charge is 0.0636 e. The van der Waals surface area contributed by atoms with E-state index in [9.17, 15) is 0 Å². The third kappa shape index (κ3) is 3.80. The van der Waals surface area contributed by atoms with E-state index in [2.05, 4.69) is 59.6 Å². The molecular formula is C19H16ClN. The minimum absolute atomic E-state index is 0. The van der Waals surface area contributed by atoms with Gasteiger partial charge in [0.1, 0.15) is 0 Å². The van der Waals surface area contributed by atoms with Crippen molar-refractivity contribution >= 4 is 24.1 Å². The summed E-state index contributed by atoms with van der Waals surface area (Å²) in [5.41, 5.74) is 4.55. The molecule has 0 aliphatic heterocycles. The number of halogens is 1. The quantitative estimate of drug-likeness (QED) is 0.655. The van der Waals surface area contributed by atoms with Crippen LogP contribution in [0.5, 0.6) is 0 Å². The van der Waals surface area contributed by atoms with Gasteiger partial charge in [-0.15, -0.1) is 12.4 Å². The second kappa shape index (κ2) is 7.41. The number of rotatable bonds is 3. The molecule has 1 heterocycles. The molecule has 0 spiro atoms. The van der Waals surface area contributed by atoms with Gasteiger partial charge < -0.3 is 0 Å². The number of pyridine rings is 1. The van der Waals surface area contributed by atoms with E-state index in [1.165, 1.54) is 16.7 Å². The Morgan fingerprint density at radius 1 is 0.667 bits per heavy atom. The van der Waals surface area contributed by atoms with Crippen LogP contribution in [0.2, 0.25) is 0 Å². The monoisotopic (exact) mass is 293 g/mol. The van der Waals surface area contributed by atoms with Crippen LogP contribution in [0.4, 0.5) is 0 Å². The van der Waals surface area contributed by atoms with E-state index in [1.54, 1.807) is 0 Å². The first-order valence-corrected chi connectivity index (χ1v) is 6.67. The van der Waals surface area contributed by atoms with Gasteiger partial charge in [-0.05, 0) is 34.9 Å². The number of hydrogen-bond donors (Lipinski definition) is 0. The van der Waals surface area contributed by atoms with E-state index in [4.69, 9.17) is 0 Å². The Kier molecular flexibility index (Phi) is 5.30. The molecule has 0 saturated heterocycles. The average molecular weight is 294 g/mol. The Balaban J connectivity index is 0.00000161. The van der Waals surface area contributed by atoms with E-state index in [0.717, 1.165) is 5.69 Å². The molecular weight excluding hydrogens is 278 g/mol. The molecule has 0 N–H and O–H groups in total. The maximum Gasteiger partial charge on any atom is 0.0636 e. The Labute approximate surface area is 131 Å². The summed E-state index contributed by atoms with van der Waals surface area (Å²) in [5, 5.41) is 0. The predicted molar refractivity (Wildman–Crippen MR) is 91.3 cm³/mol. The first kappa shape index (κ1) is 15.0. The van der Waals surface area contributed by atoms with E-state index >= 15 is 0 Å². The second-order valence-corrected chi connectivity index (χ2v) is 4.54. The van der Waals surface area contributed by atoms with Gasteiger partial charge in [-0.1, -0.05) is 66.7 Å². The van der Waals surface area contributed by atoms with Crippen LogP contribution in [-0.2, 0) is 0 Å². The van der Waals surface area contributed by atoms with Crippen LogP contribution in [0.15, 0.2) is 85.1 Å². The lowest BCUT2D eigenvalue weighted by molar-refractivity contribution is 1.30. The normalized spacial score (nSPS) is 9.52. The summed E-state index contributed by atoms with van der Waals surface area (Å²) >= 11 is 0. The molecule has 104 valence electrons. The van der Waals surface area contributed by atoms with Crippen LogP contribution in [0.1, 0.15) is 16.8 Å². The number of hydrogen-bond acceptors (Lipinski definition) is 1. The van der Waals surface area contributed by atoms with Crippen LogP contribution < -0.4 is 0 Å². The molecule has 0 atom stereocenters. The van der Waals surface area contributed by atoms with Crippen molar-refractivity contribution in [3.63, 3.8) is 0 Å². The standard InChI is InChI=1S/C19H15N.ClH/c1-3-9-16(10-4-1)19(17-11-5-2-6-12-17)15-18-13-7-8-14-20-18;/h1-15H;1H. The Morgan fingerprint density at radius 3 is 1.67 bits per heavy atom. The summed E-state index contributed by atoms with van der Waals surface area (Å²) in [6.45, 7) is 0. The highest BCUT2D eigenvalue weighted by atomic mass is 35.5. The zero-order chi connectivity index (χ0) is 13.6. The van der Waals surface area contributed by atoms with Crippen molar-refractivity contribution in [2.75, 3.05) is 0 Å². The molecule has 1 nitrogen and oxygen atoms in total. The van der Waals surface area contributed by atoms with E-state index in [0.29, 0.717) is 0 Å². The van der Waals surface area contributed by atoms with E-state index in [1.807, 2.05) is 36.5 Å². The third-order valence-corrected chi connectivity index (χ3v) is 3.15. The average Bonchev–Trinajstić information content (AvgIpc) is 2.55. The first-order chi connectivity index (χ1) is 9.93. The van der Waals surface area contributed by atoms with Crippen molar-refractivity contribution in [2.45, 2.75) is 0 Å². The summed E-state index contributed by atoms with van der Waals surface area (Å²) < 4.78 is 0. The lowest BCUT2D eigenvalue weighted by atomic mass is 9.97. The predicted octanol–water partition coefficient (Wildman–Crippen LogP) is 5.09. The fourth-order valence-electron chi connectivity index (χ4n) is 2.18. The molecule has 0 bridgehead atoms. The fourth-order valence-corrected chi connectivity index (χ4v) is 2.18. The molecule has 0 aliphatic rings. The van der Waals surface area contributed by atoms with Crippen LogP contribution in [-0.4, -0.2) is 4.98 Å². The lowest BCUT2D eigenvalue weighted by Crippen LogP contribution is -1.88. The van der Waals surface area contributed by atoms with Crippen LogP contribution in [0.3, 0.4) is 0 Å². The van der Waals surface area contributed by atoms with Gasteiger partial charge in [-0.25, -0.2) is 0 Å². The Morgan fingerprint density at radius 2 is 1.19 bits per heavy atom. The molecule has 0 fully saturated rings. The highest BCUT2D eigenvalue weighted by molar-refractivity contribution is 5.90. The molecule has 0 unspecified atom stereocenters. The van der Waals surface area contributed by atoms with Crippen molar-refractivity contribution in [3.05, 3.63) is 102 Å². The Bertz CT molecular complexity index is 650. The lowest BCUT2D eigenvalue weighted by Gasteiger charge is -2.08. The summed E-state index contributed by atoms with van der Waals surface area (Å²) in [4.78, 5) is 4.39. The van der Waals surface area contributed by atoms with Gasteiger partial charge in [-0.2, -0.15) is 0 Å². The van der Waals surface area contributed by atoms with Gasteiger partial charge in [-0.3, -0.25) is 4.98 Å². The van der Waals surface area contributed by atoms with Crippen LogP contribution in [0.25, 0.3) is 11.6 Å². The highest BCUT2D eigenvalue weighted by Gasteiger charge is 2.04.